The van der Waals surface area contributed by atoms with Crippen LogP contribution in [-0.4, -0.2) is 54.5 Å². The van der Waals surface area contributed by atoms with Gasteiger partial charge in [0.1, 0.15) is 12.2 Å². The minimum Gasteiger partial charge on any atom is -0.505 e. The lowest BCUT2D eigenvalue weighted by atomic mass is 10.1. The molecule has 0 aromatic heterocycles. The van der Waals surface area contributed by atoms with E-state index in [1.165, 1.54) is 6.07 Å². The minimum atomic E-state index is -0.657. The summed E-state index contributed by atoms with van der Waals surface area (Å²) in [5.74, 6) is -0.439. The zero-order chi connectivity index (χ0) is 22.9. The van der Waals surface area contributed by atoms with Crippen LogP contribution >= 0.6 is 0 Å². The third-order valence-electron chi connectivity index (χ3n) is 4.07. The van der Waals surface area contributed by atoms with E-state index >= 15 is 0 Å². The van der Waals surface area contributed by atoms with Crippen LogP contribution in [0.3, 0.4) is 0 Å². The monoisotopic (exact) mass is 423 g/mol. The van der Waals surface area contributed by atoms with E-state index in [9.17, 15) is 14.3 Å². The quantitative estimate of drug-likeness (QED) is 0.473. The number of likely N-dealkylation sites (N-methyl/N-ethyl adjacent to an activating group) is 1. The van der Waals surface area contributed by atoms with E-state index in [4.69, 9.17) is 9.47 Å². The van der Waals surface area contributed by atoms with Gasteiger partial charge in [-0.15, -0.1) is 0 Å². The fraction of sp³-hybridized carbons (Fsp3) is 0.500. The van der Waals surface area contributed by atoms with Gasteiger partial charge in [0.25, 0.3) is 0 Å². The zero-order valence-electron chi connectivity index (χ0n) is 18.5. The highest BCUT2D eigenvalue weighted by molar-refractivity contribution is 5.67. The third-order valence-corrected chi connectivity index (χ3v) is 4.07. The van der Waals surface area contributed by atoms with E-state index in [-0.39, 0.29) is 18.3 Å². The van der Waals surface area contributed by atoms with Gasteiger partial charge in [-0.1, -0.05) is 25.3 Å². The number of nitrogens with one attached hydrogen (secondary N) is 2. The van der Waals surface area contributed by atoms with Crippen LogP contribution in [0.25, 0.3) is 0 Å². The van der Waals surface area contributed by atoms with Crippen molar-refractivity contribution in [1.29, 1.82) is 0 Å². The fourth-order valence-corrected chi connectivity index (χ4v) is 2.48. The standard InChI is InChI=1S/C22H34FN3O4/c1-15(2)29-14-18(26(7)13-17-9-8-10-19(23)20(17)27)12-24-16(3)11-25-21(28)30-22(4,5)6/h8-10,18,24,27H,1,3,11-14H2,2,4-7H3,(H,25,28). The Hall–Kier alpha value is -2.74. The Bertz CT molecular complexity index is 746. The Kier molecular flexibility index (Phi) is 9.65. The molecule has 1 unspecified atom stereocenters. The van der Waals surface area contributed by atoms with E-state index < -0.39 is 17.5 Å². The normalized spacial score (nSPS) is 12.2. The molecule has 0 saturated heterocycles. The van der Waals surface area contributed by atoms with Crippen LogP contribution in [-0.2, 0) is 16.0 Å². The van der Waals surface area contributed by atoms with Crippen molar-refractivity contribution in [3.05, 3.63) is 54.2 Å². The molecule has 0 aliphatic heterocycles. The third kappa shape index (κ3) is 9.65. The van der Waals surface area contributed by atoms with Gasteiger partial charge >= 0.3 is 6.09 Å². The average Bonchev–Trinajstić information content (AvgIpc) is 2.62. The van der Waals surface area contributed by atoms with Gasteiger partial charge in [-0.3, -0.25) is 4.90 Å². The van der Waals surface area contributed by atoms with Gasteiger partial charge in [-0.2, -0.15) is 0 Å². The van der Waals surface area contributed by atoms with Crippen LogP contribution in [0, 0.1) is 5.82 Å². The largest absolute Gasteiger partial charge is 0.505 e. The number of phenolic OH excluding ortho intramolecular Hbond substituents is 1. The molecule has 1 amide bonds. The lowest BCUT2D eigenvalue weighted by Crippen LogP contribution is -2.44. The van der Waals surface area contributed by atoms with Gasteiger partial charge in [0.15, 0.2) is 11.6 Å². The Labute approximate surface area is 178 Å². The molecular formula is C22H34FN3O4. The van der Waals surface area contributed by atoms with Crippen LogP contribution in [0.4, 0.5) is 9.18 Å². The highest BCUT2D eigenvalue weighted by Gasteiger charge is 2.19. The lowest BCUT2D eigenvalue weighted by Gasteiger charge is -2.29. The molecule has 168 valence electrons. The van der Waals surface area contributed by atoms with Gasteiger partial charge in [0.05, 0.1) is 18.3 Å². The molecular weight excluding hydrogens is 389 g/mol. The maximum atomic E-state index is 13.6. The van der Waals surface area contributed by atoms with Crippen molar-refractivity contribution in [2.24, 2.45) is 0 Å². The Morgan fingerprint density at radius 1 is 1.30 bits per heavy atom. The van der Waals surface area contributed by atoms with Gasteiger partial charge in [0, 0.05) is 24.4 Å². The second-order valence-corrected chi connectivity index (χ2v) is 8.17. The molecule has 1 atom stereocenters. The number of nitrogens with zero attached hydrogens (tertiary/aromatic N) is 1. The first kappa shape index (κ1) is 25.3. The summed E-state index contributed by atoms with van der Waals surface area (Å²) in [6, 6.07) is 4.30. The van der Waals surface area contributed by atoms with Gasteiger partial charge in [0.2, 0.25) is 0 Å². The molecule has 30 heavy (non-hydrogen) atoms. The maximum absolute atomic E-state index is 13.6. The van der Waals surface area contributed by atoms with Crippen LogP contribution in [0.15, 0.2) is 42.8 Å². The van der Waals surface area contributed by atoms with E-state index in [1.54, 1.807) is 39.8 Å². The van der Waals surface area contributed by atoms with E-state index in [0.29, 0.717) is 36.7 Å². The highest BCUT2D eigenvalue weighted by Crippen LogP contribution is 2.22. The number of hydrogen-bond donors (Lipinski definition) is 3. The molecule has 0 bridgehead atoms. The van der Waals surface area contributed by atoms with E-state index in [1.807, 2.05) is 11.9 Å². The van der Waals surface area contributed by atoms with Crippen molar-refractivity contribution < 1.29 is 23.8 Å². The number of para-hydroxylation sites is 1. The topological polar surface area (TPSA) is 83.1 Å². The number of alkyl carbamates (subject to hydrolysis) is 1. The molecule has 0 saturated carbocycles. The summed E-state index contributed by atoms with van der Waals surface area (Å²) in [7, 11) is 1.85. The Balaban J connectivity index is 2.64. The number of hydrogen-bond acceptors (Lipinski definition) is 6. The minimum absolute atomic E-state index is 0.136. The summed E-state index contributed by atoms with van der Waals surface area (Å²) in [6.45, 7) is 16.1. The van der Waals surface area contributed by atoms with Crippen molar-refractivity contribution in [3.63, 3.8) is 0 Å². The number of ether oxygens (including phenoxy) is 2. The lowest BCUT2D eigenvalue weighted by molar-refractivity contribution is 0.0531. The Morgan fingerprint density at radius 2 is 1.97 bits per heavy atom. The molecule has 1 aromatic rings. The number of allylic oxidation sites excluding steroid dienone is 1. The molecule has 3 N–H and O–H groups in total. The first-order valence-electron chi connectivity index (χ1n) is 9.72. The molecule has 0 aliphatic carbocycles. The predicted molar refractivity (Wildman–Crippen MR) is 115 cm³/mol. The first-order chi connectivity index (χ1) is 13.9. The molecule has 8 heteroatoms. The van der Waals surface area contributed by atoms with Crippen LogP contribution in [0.5, 0.6) is 5.75 Å². The average molecular weight is 424 g/mol. The highest BCUT2D eigenvalue weighted by atomic mass is 19.1. The fourth-order valence-electron chi connectivity index (χ4n) is 2.48. The number of rotatable bonds is 11. The van der Waals surface area contributed by atoms with Gasteiger partial charge in [-0.05, 0) is 40.8 Å². The first-order valence-corrected chi connectivity index (χ1v) is 9.72. The van der Waals surface area contributed by atoms with Crippen molar-refractivity contribution >= 4 is 6.09 Å². The molecule has 1 rings (SSSR count). The smallest absolute Gasteiger partial charge is 0.407 e. The summed E-state index contributed by atoms with van der Waals surface area (Å²) in [5.41, 5.74) is 0.501. The summed E-state index contributed by atoms with van der Waals surface area (Å²) in [5, 5.41) is 15.7. The molecule has 0 fully saturated rings. The van der Waals surface area contributed by atoms with Crippen molar-refractivity contribution in [2.45, 2.75) is 45.9 Å². The number of aromatic hydroxyl groups is 1. The summed E-state index contributed by atoms with van der Waals surface area (Å²) in [6.07, 6.45) is -0.522. The molecule has 0 heterocycles. The summed E-state index contributed by atoms with van der Waals surface area (Å²) >= 11 is 0. The molecule has 0 radical (unpaired) electrons. The van der Waals surface area contributed by atoms with E-state index in [0.717, 1.165) is 0 Å². The second kappa shape index (κ2) is 11.4. The number of halogens is 1. The number of carbonyl (C=O) groups is 1. The summed E-state index contributed by atoms with van der Waals surface area (Å²) in [4.78, 5) is 13.7. The van der Waals surface area contributed by atoms with Crippen molar-refractivity contribution in [1.82, 2.24) is 15.5 Å². The van der Waals surface area contributed by atoms with Crippen LogP contribution < -0.4 is 10.6 Å². The molecule has 0 aliphatic rings. The summed E-state index contributed by atoms with van der Waals surface area (Å²) < 4.78 is 24.4. The van der Waals surface area contributed by atoms with Crippen molar-refractivity contribution in [3.8, 4) is 5.75 Å². The van der Waals surface area contributed by atoms with Gasteiger partial charge in [-0.25, -0.2) is 9.18 Å². The second-order valence-electron chi connectivity index (χ2n) is 8.17. The molecule has 1 aromatic carbocycles. The van der Waals surface area contributed by atoms with Crippen LogP contribution in [0.2, 0.25) is 0 Å². The number of amides is 1. The molecule has 7 nitrogen and oxygen atoms in total. The number of carbonyl (C=O) groups excluding carboxylic acids is 1. The van der Waals surface area contributed by atoms with Gasteiger partial charge < -0.3 is 25.2 Å². The van der Waals surface area contributed by atoms with Crippen LogP contribution in [0.1, 0.15) is 33.3 Å². The SMILES string of the molecule is C=C(CNC(=O)OC(C)(C)C)NCC(COC(=C)C)N(C)Cc1cccc(F)c1O. The van der Waals surface area contributed by atoms with Crippen molar-refractivity contribution in [2.75, 3.05) is 26.7 Å². The molecule has 0 spiro atoms. The zero-order valence-corrected chi connectivity index (χ0v) is 18.5. The predicted octanol–water partition coefficient (Wildman–Crippen LogP) is 3.51. The number of phenols is 1. The number of benzene rings is 1. The maximum Gasteiger partial charge on any atom is 0.407 e. The van der Waals surface area contributed by atoms with E-state index in [2.05, 4.69) is 23.8 Å². The Morgan fingerprint density at radius 3 is 2.57 bits per heavy atom.